The number of hydrogen-bond donors (Lipinski definition) is 0. The first-order chi connectivity index (χ1) is 19.7. The van der Waals surface area contributed by atoms with Crippen molar-refractivity contribution in [2.24, 2.45) is 0 Å². The molecule has 0 radical (unpaired) electrons. The molecule has 0 bridgehead atoms. The number of ether oxygens (including phenoxy) is 1. The van der Waals surface area contributed by atoms with Crippen LogP contribution in [0.5, 0.6) is 5.75 Å². The average molecular weight is 607 g/mol. The number of nitrogens with zero attached hydrogens (tertiary/aromatic N) is 1. The fourth-order valence-corrected chi connectivity index (χ4v) is 4.94. The molecule has 0 fully saturated rings. The van der Waals surface area contributed by atoms with Gasteiger partial charge in [0.2, 0.25) is 0 Å². The van der Waals surface area contributed by atoms with E-state index >= 15 is 0 Å². The highest BCUT2D eigenvalue weighted by Crippen LogP contribution is 2.40. The van der Waals surface area contributed by atoms with Crippen molar-refractivity contribution in [3.8, 4) is 28.2 Å². The predicted molar refractivity (Wildman–Crippen MR) is 138 cm³/mol. The molecule has 0 saturated carbocycles. The number of aryl methyl sites for hydroxylation is 1. The molecule has 0 saturated heterocycles. The van der Waals surface area contributed by atoms with Crippen molar-refractivity contribution in [1.82, 2.24) is 4.98 Å². The summed E-state index contributed by atoms with van der Waals surface area (Å²) in [4.78, 5) is 4.06. The first-order valence-electron chi connectivity index (χ1n) is 11.8. The summed E-state index contributed by atoms with van der Waals surface area (Å²) in [5, 5.41) is -0.111. The van der Waals surface area contributed by atoms with Crippen molar-refractivity contribution < 1.29 is 44.3 Å². The van der Waals surface area contributed by atoms with E-state index in [1.807, 2.05) is 6.92 Å². The number of rotatable bonds is 4. The molecule has 0 amide bonds. The monoisotopic (exact) mass is 607 g/mol. The van der Waals surface area contributed by atoms with Gasteiger partial charge in [0.25, 0.3) is 0 Å². The lowest BCUT2D eigenvalue weighted by Gasteiger charge is -2.19. The normalized spacial score (nSPS) is 11.9. The number of fused-ring (bicyclic) bond motifs is 1. The molecule has 5 aromatic rings. The Morgan fingerprint density at radius 3 is 1.86 bits per heavy atom. The molecule has 214 valence electrons. The summed E-state index contributed by atoms with van der Waals surface area (Å²) in [6, 6.07) is 12.4. The maximum atomic E-state index is 15.0. The Balaban J connectivity index is 1.41. The van der Waals surface area contributed by atoms with Crippen LogP contribution in [-0.2, 0) is 12.3 Å². The van der Waals surface area contributed by atoms with Crippen LogP contribution in [0, 0.1) is 42.0 Å². The number of aromatic nitrogens is 1. The van der Waals surface area contributed by atoms with Gasteiger partial charge in [0.05, 0.1) is 10.2 Å². The molecular weight excluding hydrogens is 593 g/mol. The molecular formula is C30H14F9NOS. The molecule has 0 aliphatic heterocycles. The van der Waals surface area contributed by atoms with Gasteiger partial charge in [-0.1, -0.05) is 29.5 Å². The SMILES string of the molecule is Cc1ccc(C#Cc2cc(F)c(C(F)(F)Oc3ccc4nc(-c5cc(F)c(C(F)(F)F)c(F)c5)sc4c3)c(F)c2)cc1. The molecule has 0 spiro atoms. The Labute approximate surface area is 236 Å². The molecule has 12 heteroatoms. The molecule has 2 nitrogen and oxygen atoms in total. The molecule has 42 heavy (non-hydrogen) atoms. The van der Waals surface area contributed by atoms with E-state index < -0.39 is 52.4 Å². The lowest BCUT2D eigenvalue weighted by Crippen LogP contribution is -2.25. The zero-order valence-corrected chi connectivity index (χ0v) is 21.8. The summed E-state index contributed by atoms with van der Waals surface area (Å²) >= 11 is 0.716. The highest BCUT2D eigenvalue weighted by Gasteiger charge is 2.41. The van der Waals surface area contributed by atoms with Gasteiger partial charge in [-0.15, -0.1) is 11.3 Å². The van der Waals surface area contributed by atoms with E-state index in [4.69, 9.17) is 0 Å². The van der Waals surface area contributed by atoms with E-state index in [1.165, 1.54) is 6.07 Å². The molecule has 0 atom stereocenters. The average Bonchev–Trinajstić information content (AvgIpc) is 3.30. The summed E-state index contributed by atoms with van der Waals surface area (Å²) in [7, 11) is 0. The van der Waals surface area contributed by atoms with Gasteiger partial charge in [0, 0.05) is 16.7 Å². The second-order valence-corrected chi connectivity index (χ2v) is 10.0. The molecule has 0 unspecified atom stereocenters. The van der Waals surface area contributed by atoms with E-state index in [2.05, 4.69) is 21.6 Å². The van der Waals surface area contributed by atoms with Gasteiger partial charge in [0.15, 0.2) is 0 Å². The van der Waals surface area contributed by atoms with Crippen LogP contribution in [0.25, 0.3) is 20.8 Å². The van der Waals surface area contributed by atoms with Crippen LogP contribution in [0.3, 0.4) is 0 Å². The zero-order chi connectivity index (χ0) is 30.4. The van der Waals surface area contributed by atoms with Gasteiger partial charge in [-0.3, -0.25) is 0 Å². The third kappa shape index (κ3) is 5.92. The van der Waals surface area contributed by atoms with Crippen LogP contribution in [0.1, 0.15) is 27.8 Å². The van der Waals surface area contributed by atoms with Crippen LogP contribution >= 0.6 is 11.3 Å². The summed E-state index contributed by atoms with van der Waals surface area (Å²) in [6.07, 6.45) is -9.73. The molecule has 4 aromatic carbocycles. The van der Waals surface area contributed by atoms with Crippen molar-refractivity contribution in [1.29, 1.82) is 0 Å². The zero-order valence-electron chi connectivity index (χ0n) is 21.0. The minimum atomic E-state index is -5.26. The highest BCUT2D eigenvalue weighted by atomic mass is 32.1. The van der Waals surface area contributed by atoms with Gasteiger partial charge < -0.3 is 4.74 Å². The number of alkyl halides is 5. The number of hydrogen-bond acceptors (Lipinski definition) is 3. The molecule has 0 aliphatic rings. The molecule has 0 N–H and O–H groups in total. The highest BCUT2D eigenvalue weighted by molar-refractivity contribution is 7.21. The predicted octanol–water partition coefficient (Wildman–Crippen LogP) is 9.38. The van der Waals surface area contributed by atoms with Crippen LogP contribution < -0.4 is 4.74 Å². The smallest absolute Gasteiger partial charge is 0.429 e. The van der Waals surface area contributed by atoms with Crippen LogP contribution in [0.4, 0.5) is 39.5 Å². The van der Waals surface area contributed by atoms with Gasteiger partial charge in [-0.05, 0) is 61.5 Å². The number of thiazole rings is 1. The maximum Gasteiger partial charge on any atom is 0.432 e. The Morgan fingerprint density at radius 1 is 0.690 bits per heavy atom. The van der Waals surface area contributed by atoms with E-state index in [0.29, 0.717) is 41.2 Å². The summed E-state index contributed by atoms with van der Waals surface area (Å²) < 4.78 is 131. The third-order valence-corrected chi connectivity index (χ3v) is 6.98. The van der Waals surface area contributed by atoms with Crippen molar-refractivity contribution in [2.75, 3.05) is 0 Å². The van der Waals surface area contributed by atoms with E-state index in [0.717, 1.165) is 17.7 Å². The second kappa shape index (κ2) is 10.7. The van der Waals surface area contributed by atoms with Crippen molar-refractivity contribution >= 4 is 21.6 Å². The Morgan fingerprint density at radius 2 is 1.26 bits per heavy atom. The topological polar surface area (TPSA) is 22.1 Å². The Kier molecular flexibility index (Phi) is 7.41. The minimum Gasteiger partial charge on any atom is -0.429 e. The molecule has 1 aromatic heterocycles. The minimum absolute atomic E-state index is 0.111. The lowest BCUT2D eigenvalue weighted by molar-refractivity contribution is -0.189. The third-order valence-electron chi connectivity index (χ3n) is 5.91. The van der Waals surface area contributed by atoms with Gasteiger partial charge in [-0.25, -0.2) is 22.5 Å². The Hall–Kier alpha value is -4.50. The maximum absolute atomic E-state index is 15.0. The second-order valence-electron chi connectivity index (χ2n) is 9.01. The molecule has 5 rings (SSSR count). The van der Waals surface area contributed by atoms with Gasteiger partial charge >= 0.3 is 12.3 Å². The van der Waals surface area contributed by atoms with E-state index in [9.17, 15) is 39.5 Å². The Bertz CT molecular complexity index is 1840. The fourth-order valence-electron chi connectivity index (χ4n) is 3.96. The van der Waals surface area contributed by atoms with Crippen LogP contribution in [-0.4, -0.2) is 4.98 Å². The quantitative estimate of drug-likeness (QED) is 0.150. The van der Waals surface area contributed by atoms with Crippen molar-refractivity contribution in [3.63, 3.8) is 0 Å². The number of halogens is 9. The fraction of sp³-hybridized carbons (Fsp3) is 0.100. The largest absolute Gasteiger partial charge is 0.432 e. The van der Waals surface area contributed by atoms with Crippen molar-refractivity contribution in [3.05, 3.63) is 118 Å². The first kappa shape index (κ1) is 29.0. The van der Waals surface area contributed by atoms with Gasteiger partial charge in [0.1, 0.15) is 45.2 Å². The lowest BCUT2D eigenvalue weighted by atomic mass is 10.1. The molecule has 0 aliphatic carbocycles. The van der Waals surface area contributed by atoms with Crippen LogP contribution in [0.2, 0.25) is 0 Å². The standard InChI is InChI=1S/C30H14F9NOS/c1-15-2-4-16(5-3-15)6-7-17-10-20(31)27(21(32)11-17)30(38,39)41-19-8-9-24-25(14-19)42-28(40-24)18-12-22(33)26(23(34)13-18)29(35,36)37/h2-5,8-14H,1H3. The van der Waals surface area contributed by atoms with Gasteiger partial charge in [-0.2, -0.15) is 22.0 Å². The summed E-state index contributed by atoms with van der Waals surface area (Å²) in [6.45, 7) is 1.86. The van der Waals surface area contributed by atoms with E-state index in [-0.39, 0.29) is 26.4 Å². The first-order valence-corrected chi connectivity index (χ1v) is 12.6. The summed E-state index contributed by atoms with van der Waals surface area (Å²) in [5.41, 5.74) is -2.54. The van der Waals surface area contributed by atoms with Crippen molar-refractivity contribution in [2.45, 2.75) is 19.2 Å². The summed E-state index contributed by atoms with van der Waals surface area (Å²) in [5.74, 6) is -2.22. The van der Waals surface area contributed by atoms with E-state index in [1.54, 1.807) is 24.3 Å². The van der Waals surface area contributed by atoms with Crippen LogP contribution in [0.15, 0.2) is 66.7 Å². The molecule has 1 heterocycles. The number of benzene rings is 4.